The number of carbonyl (C=O) groups is 2. The van der Waals surface area contributed by atoms with Crippen molar-refractivity contribution < 1.29 is 24.2 Å². The topological polar surface area (TPSA) is 101 Å². The number of hydrogen-bond acceptors (Lipinski definition) is 6. The van der Waals surface area contributed by atoms with E-state index in [1.54, 1.807) is 13.2 Å². The van der Waals surface area contributed by atoms with Crippen LogP contribution in [-0.2, 0) is 11.4 Å². The van der Waals surface area contributed by atoms with Crippen LogP contribution in [0.5, 0.6) is 11.6 Å². The summed E-state index contributed by atoms with van der Waals surface area (Å²) < 4.78 is 11.6. The number of piperidine rings is 1. The van der Waals surface area contributed by atoms with Crippen molar-refractivity contribution >= 4 is 17.7 Å². The Balaban J connectivity index is 1.56. The monoisotopic (exact) mass is 481 g/mol. The van der Waals surface area contributed by atoms with Gasteiger partial charge in [0, 0.05) is 31.1 Å². The fraction of sp³-hybridized carbons (Fsp3) is 0.519. The first kappa shape index (κ1) is 24.8. The first-order valence-electron chi connectivity index (χ1n) is 12.6. The molecule has 8 nitrogen and oxygen atoms in total. The predicted molar refractivity (Wildman–Crippen MR) is 133 cm³/mol. The molecule has 4 rings (SSSR count). The zero-order valence-electron chi connectivity index (χ0n) is 20.4. The average molecular weight is 482 g/mol. The zero-order chi connectivity index (χ0) is 24.6. The maximum atomic E-state index is 13.2. The van der Waals surface area contributed by atoms with Crippen LogP contribution in [0.4, 0.5) is 5.82 Å². The van der Waals surface area contributed by atoms with Crippen LogP contribution in [0, 0.1) is 5.92 Å². The van der Waals surface area contributed by atoms with E-state index in [0.29, 0.717) is 23.7 Å². The maximum Gasteiger partial charge on any atom is 0.303 e. The standard InChI is InChI=1S/C27H35N3O5/c1-34-23-12-6-5-9-20(23)18-35-27-22(26(33)28-21-10-3-2-4-11-21)13-14-24(29-27)30-15-7-8-19(17-30)16-25(31)32/h5-6,9,12-14,19,21H,2-4,7-8,10-11,15-18H2,1H3,(H,28,33)(H,31,32)/t19-/m0/s1. The number of pyridine rings is 1. The Labute approximate surface area is 206 Å². The number of carbonyl (C=O) groups excluding carboxylic acids is 1. The van der Waals surface area contributed by atoms with Crippen molar-refractivity contribution in [3.8, 4) is 11.6 Å². The van der Waals surface area contributed by atoms with Crippen LogP contribution >= 0.6 is 0 Å². The number of carboxylic acids is 1. The Hall–Kier alpha value is -3.29. The Morgan fingerprint density at radius 1 is 1.09 bits per heavy atom. The summed E-state index contributed by atoms with van der Waals surface area (Å²) in [6.07, 6.45) is 7.41. The molecule has 2 N–H and O–H groups in total. The van der Waals surface area contributed by atoms with Gasteiger partial charge in [-0.2, -0.15) is 4.98 Å². The normalized spacial score (nSPS) is 18.7. The second-order valence-corrected chi connectivity index (χ2v) is 9.48. The molecule has 0 radical (unpaired) electrons. The smallest absolute Gasteiger partial charge is 0.303 e. The molecule has 188 valence electrons. The van der Waals surface area contributed by atoms with Crippen LogP contribution in [0.3, 0.4) is 0 Å². The van der Waals surface area contributed by atoms with E-state index in [9.17, 15) is 14.7 Å². The van der Waals surface area contributed by atoms with Gasteiger partial charge in [0.25, 0.3) is 5.91 Å². The lowest BCUT2D eigenvalue weighted by molar-refractivity contribution is -0.138. The van der Waals surface area contributed by atoms with Gasteiger partial charge in [-0.1, -0.05) is 37.5 Å². The van der Waals surface area contributed by atoms with Gasteiger partial charge in [-0.05, 0) is 49.8 Å². The summed E-state index contributed by atoms with van der Waals surface area (Å²) in [5.41, 5.74) is 1.27. The first-order chi connectivity index (χ1) is 17.0. The Kier molecular flexibility index (Phi) is 8.45. The van der Waals surface area contributed by atoms with Crippen LogP contribution < -0.4 is 19.7 Å². The van der Waals surface area contributed by atoms with Crippen LogP contribution in [0.15, 0.2) is 36.4 Å². The van der Waals surface area contributed by atoms with Crippen molar-refractivity contribution in [2.45, 2.75) is 64.0 Å². The molecule has 1 amide bonds. The third kappa shape index (κ3) is 6.65. The van der Waals surface area contributed by atoms with Gasteiger partial charge in [0.2, 0.25) is 5.88 Å². The largest absolute Gasteiger partial charge is 0.496 e. The van der Waals surface area contributed by atoms with Crippen LogP contribution in [0.1, 0.15) is 67.3 Å². The molecule has 2 aromatic rings. The molecule has 1 saturated heterocycles. The third-order valence-electron chi connectivity index (χ3n) is 6.89. The summed E-state index contributed by atoms with van der Waals surface area (Å²) in [5.74, 6) is 0.819. The Morgan fingerprint density at radius 3 is 2.66 bits per heavy atom. The summed E-state index contributed by atoms with van der Waals surface area (Å²) in [6.45, 7) is 1.63. The fourth-order valence-electron chi connectivity index (χ4n) is 5.05. The number of benzene rings is 1. The highest BCUT2D eigenvalue weighted by molar-refractivity contribution is 5.96. The number of aliphatic carboxylic acids is 1. The molecular weight excluding hydrogens is 446 g/mol. The summed E-state index contributed by atoms with van der Waals surface area (Å²) in [7, 11) is 1.62. The van der Waals surface area contributed by atoms with Gasteiger partial charge in [-0.15, -0.1) is 0 Å². The fourth-order valence-corrected chi connectivity index (χ4v) is 5.05. The third-order valence-corrected chi connectivity index (χ3v) is 6.89. The van der Waals surface area contributed by atoms with Crippen molar-refractivity contribution in [2.24, 2.45) is 5.92 Å². The molecule has 2 fully saturated rings. The minimum Gasteiger partial charge on any atom is -0.496 e. The molecule has 35 heavy (non-hydrogen) atoms. The highest BCUT2D eigenvalue weighted by Gasteiger charge is 2.25. The van der Waals surface area contributed by atoms with E-state index in [0.717, 1.165) is 50.6 Å². The SMILES string of the molecule is COc1ccccc1COc1nc(N2CCC[C@@H](CC(=O)O)C2)ccc1C(=O)NC1CCCCC1. The van der Waals surface area contributed by atoms with E-state index in [1.807, 2.05) is 30.3 Å². The lowest BCUT2D eigenvalue weighted by Crippen LogP contribution is -2.37. The van der Waals surface area contributed by atoms with E-state index >= 15 is 0 Å². The van der Waals surface area contributed by atoms with Gasteiger partial charge < -0.3 is 24.8 Å². The molecule has 8 heteroatoms. The summed E-state index contributed by atoms with van der Waals surface area (Å²) in [6, 6.07) is 11.4. The minimum atomic E-state index is -0.777. The van der Waals surface area contributed by atoms with E-state index in [-0.39, 0.29) is 36.8 Å². The quantitative estimate of drug-likeness (QED) is 0.547. The molecule has 1 saturated carbocycles. The van der Waals surface area contributed by atoms with Crippen molar-refractivity contribution in [1.82, 2.24) is 10.3 Å². The number of nitrogens with zero attached hydrogens (tertiary/aromatic N) is 2. The molecule has 1 atom stereocenters. The van der Waals surface area contributed by atoms with Crippen molar-refractivity contribution in [2.75, 3.05) is 25.1 Å². The van der Waals surface area contributed by atoms with E-state index in [4.69, 9.17) is 14.5 Å². The van der Waals surface area contributed by atoms with Gasteiger partial charge >= 0.3 is 5.97 Å². The van der Waals surface area contributed by atoms with Gasteiger partial charge in [0.1, 0.15) is 23.7 Å². The number of ether oxygens (including phenoxy) is 2. The summed E-state index contributed by atoms with van der Waals surface area (Å²) >= 11 is 0. The second-order valence-electron chi connectivity index (χ2n) is 9.48. The molecule has 1 aromatic heterocycles. The van der Waals surface area contributed by atoms with Crippen LogP contribution in [0.25, 0.3) is 0 Å². The lowest BCUT2D eigenvalue weighted by Gasteiger charge is -2.33. The number of rotatable bonds is 9. The number of nitrogens with one attached hydrogen (secondary N) is 1. The number of carboxylic acid groups (broad SMARTS) is 1. The Morgan fingerprint density at radius 2 is 1.89 bits per heavy atom. The molecule has 1 aliphatic carbocycles. The van der Waals surface area contributed by atoms with Crippen molar-refractivity contribution in [3.63, 3.8) is 0 Å². The van der Waals surface area contributed by atoms with Gasteiger partial charge in [-0.25, -0.2) is 0 Å². The minimum absolute atomic E-state index is 0.0790. The maximum absolute atomic E-state index is 13.2. The number of para-hydroxylation sites is 1. The zero-order valence-corrected chi connectivity index (χ0v) is 20.4. The molecule has 0 bridgehead atoms. The number of aromatic nitrogens is 1. The summed E-state index contributed by atoms with van der Waals surface area (Å²) in [5, 5.41) is 12.4. The molecule has 1 aliphatic heterocycles. The van der Waals surface area contributed by atoms with Crippen LogP contribution in [0.2, 0.25) is 0 Å². The predicted octanol–water partition coefficient (Wildman–Crippen LogP) is 4.42. The number of anilines is 1. The molecule has 2 aliphatic rings. The summed E-state index contributed by atoms with van der Waals surface area (Å²) in [4.78, 5) is 31.2. The number of hydrogen-bond donors (Lipinski definition) is 2. The molecule has 2 heterocycles. The molecule has 1 aromatic carbocycles. The van der Waals surface area contributed by atoms with E-state index in [1.165, 1.54) is 6.42 Å². The van der Waals surface area contributed by atoms with Gasteiger partial charge in [-0.3, -0.25) is 9.59 Å². The second kappa shape index (κ2) is 11.9. The first-order valence-corrected chi connectivity index (χ1v) is 12.6. The van der Waals surface area contributed by atoms with E-state index < -0.39 is 5.97 Å². The molecular formula is C27H35N3O5. The van der Waals surface area contributed by atoms with Gasteiger partial charge in [0.15, 0.2) is 0 Å². The van der Waals surface area contributed by atoms with Gasteiger partial charge in [0.05, 0.1) is 7.11 Å². The lowest BCUT2D eigenvalue weighted by atomic mass is 9.95. The van der Waals surface area contributed by atoms with Crippen LogP contribution in [-0.4, -0.2) is 48.2 Å². The highest BCUT2D eigenvalue weighted by atomic mass is 16.5. The molecule has 0 unspecified atom stereocenters. The number of methoxy groups -OCH3 is 1. The van der Waals surface area contributed by atoms with E-state index in [2.05, 4.69) is 10.2 Å². The van der Waals surface area contributed by atoms with Crippen molar-refractivity contribution in [3.05, 3.63) is 47.5 Å². The molecule has 0 spiro atoms. The number of amides is 1. The Bertz CT molecular complexity index is 1020. The van der Waals surface area contributed by atoms with Crippen molar-refractivity contribution in [1.29, 1.82) is 0 Å². The highest BCUT2D eigenvalue weighted by Crippen LogP contribution is 2.29. The average Bonchev–Trinajstić information content (AvgIpc) is 2.88.